The van der Waals surface area contributed by atoms with Crippen LogP contribution in [0.4, 0.5) is 4.79 Å². The zero-order valence-electron chi connectivity index (χ0n) is 12.4. The predicted molar refractivity (Wildman–Crippen MR) is 84.7 cm³/mol. The van der Waals surface area contributed by atoms with Gasteiger partial charge >= 0.3 is 12.0 Å². The van der Waals surface area contributed by atoms with Crippen molar-refractivity contribution in [1.29, 1.82) is 0 Å². The van der Waals surface area contributed by atoms with Gasteiger partial charge in [0, 0.05) is 0 Å². The fourth-order valence-electron chi connectivity index (χ4n) is 1.75. The van der Waals surface area contributed by atoms with Gasteiger partial charge in [-0.05, 0) is 35.9 Å². The number of methoxy groups -OCH3 is 1. The molecule has 0 radical (unpaired) electrons. The van der Waals surface area contributed by atoms with Crippen molar-refractivity contribution in [2.45, 2.75) is 0 Å². The quantitative estimate of drug-likeness (QED) is 0.381. The van der Waals surface area contributed by atoms with E-state index in [9.17, 15) is 9.59 Å². The standard InChI is InChI=1S/C16H15N3O4/c1-22-14-9-11(10-18-19-16(17)21)7-8-13(14)23-15(20)12-5-3-2-4-6-12/h2-10H,1H3,(H3,17,19,21)/b18-10+. The van der Waals surface area contributed by atoms with Crippen LogP contribution in [-0.4, -0.2) is 25.3 Å². The molecule has 0 saturated heterocycles. The van der Waals surface area contributed by atoms with Gasteiger partial charge in [0.25, 0.3) is 0 Å². The Morgan fingerprint density at radius 1 is 1.13 bits per heavy atom. The van der Waals surface area contributed by atoms with E-state index in [4.69, 9.17) is 15.2 Å². The van der Waals surface area contributed by atoms with Crippen molar-refractivity contribution in [3.05, 3.63) is 59.7 Å². The lowest BCUT2D eigenvalue weighted by molar-refractivity contribution is 0.0729. The van der Waals surface area contributed by atoms with Gasteiger partial charge < -0.3 is 15.2 Å². The van der Waals surface area contributed by atoms with E-state index in [1.54, 1.807) is 42.5 Å². The first kappa shape index (κ1) is 16.0. The van der Waals surface area contributed by atoms with Crippen LogP contribution in [0.2, 0.25) is 0 Å². The summed E-state index contributed by atoms with van der Waals surface area (Å²) >= 11 is 0. The molecule has 2 amide bonds. The smallest absolute Gasteiger partial charge is 0.343 e. The van der Waals surface area contributed by atoms with Gasteiger partial charge in [-0.15, -0.1) is 0 Å². The number of amides is 2. The zero-order valence-corrected chi connectivity index (χ0v) is 12.4. The molecule has 0 aliphatic heterocycles. The van der Waals surface area contributed by atoms with Gasteiger partial charge in [0.15, 0.2) is 11.5 Å². The van der Waals surface area contributed by atoms with Gasteiger partial charge in [0.1, 0.15) is 0 Å². The Kier molecular flexibility index (Phi) is 5.30. The predicted octanol–water partition coefficient (Wildman–Crippen LogP) is 1.92. The molecule has 0 aliphatic rings. The maximum Gasteiger partial charge on any atom is 0.343 e. The molecule has 23 heavy (non-hydrogen) atoms. The van der Waals surface area contributed by atoms with E-state index < -0.39 is 12.0 Å². The van der Waals surface area contributed by atoms with Crippen LogP contribution >= 0.6 is 0 Å². The number of ether oxygens (including phenoxy) is 2. The Morgan fingerprint density at radius 2 is 1.87 bits per heavy atom. The van der Waals surface area contributed by atoms with E-state index in [1.165, 1.54) is 13.3 Å². The number of carbonyl (C=O) groups is 2. The van der Waals surface area contributed by atoms with Gasteiger partial charge in [-0.2, -0.15) is 5.10 Å². The Balaban J connectivity index is 2.15. The SMILES string of the molecule is COc1cc(/C=N/NC(N)=O)ccc1OC(=O)c1ccccc1. The minimum Gasteiger partial charge on any atom is -0.493 e. The largest absolute Gasteiger partial charge is 0.493 e. The number of nitrogens with one attached hydrogen (secondary N) is 1. The Morgan fingerprint density at radius 3 is 2.52 bits per heavy atom. The average Bonchev–Trinajstić information content (AvgIpc) is 2.56. The molecule has 3 N–H and O–H groups in total. The molecule has 118 valence electrons. The maximum absolute atomic E-state index is 12.0. The number of rotatable bonds is 5. The summed E-state index contributed by atoms with van der Waals surface area (Å²) in [5.41, 5.74) is 8.05. The van der Waals surface area contributed by atoms with E-state index in [-0.39, 0.29) is 5.75 Å². The van der Waals surface area contributed by atoms with Crippen LogP contribution in [0, 0.1) is 0 Å². The summed E-state index contributed by atoms with van der Waals surface area (Å²) in [6.45, 7) is 0. The highest BCUT2D eigenvalue weighted by atomic mass is 16.6. The van der Waals surface area contributed by atoms with Crippen LogP contribution in [-0.2, 0) is 0 Å². The number of primary amides is 1. The molecular formula is C16H15N3O4. The summed E-state index contributed by atoms with van der Waals surface area (Å²) in [4.78, 5) is 22.6. The highest BCUT2D eigenvalue weighted by molar-refractivity contribution is 5.91. The van der Waals surface area contributed by atoms with Crippen LogP contribution in [0.1, 0.15) is 15.9 Å². The molecule has 0 atom stereocenters. The summed E-state index contributed by atoms with van der Waals surface area (Å²) in [6, 6.07) is 12.7. The van der Waals surface area contributed by atoms with Gasteiger partial charge in [0.05, 0.1) is 18.9 Å². The van der Waals surface area contributed by atoms with E-state index in [2.05, 4.69) is 10.5 Å². The van der Waals surface area contributed by atoms with Crippen molar-refractivity contribution >= 4 is 18.2 Å². The molecule has 0 aromatic heterocycles. The first-order chi connectivity index (χ1) is 11.1. The molecular weight excluding hydrogens is 298 g/mol. The van der Waals surface area contributed by atoms with Crippen molar-refractivity contribution in [1.82, 2.24) is 5.43 Å². The molecule has 0 heterocycles. The summed E-state index contributed by atoms with van der Waals surface area (Å²) in [6.07, 6.45) is 1.38. The number of hydrazone groups is 1. The minimum atomic E-state index is -0.762. The summed E-state index contributed by atoms with van der Waals surface area (Å²) in [7, 11) is 1.46. The third kappa shape index (κ3) is 4.57. The maximum atomic E-state index is 12.0. The molecule has 7 heteroatoms. The van der Waals surface area contributed by atoms with Crippen molar-refractivity contribution in [2.24, 2.45) is 10.8 Å². The minimum absolute atomic E-state index is 0.279. The normalized spacial score (nSPS) is 10.3. The van der Waals surface area contributed by atoms with Gasteiger partial charge in [-0.1, -0.05) is 18.2 Å². The second-order valence-corrected chi connectivity index (χ2v) is 4.40. The first-order valence-corrected chi connectivity index (χ1v) is 6.64. The molecule has 0 spiro atoms. The molecule has 0 fully saturated rings. The molecule has 0 bridgehead atoms. The Labute approximate surface area is 132 Å². The lowest BCUT2D eigenvalue weighted by atomic mass is 10.2. The average molecular weight is 313 g/mol. The molecule has 2 aromatic rings. The number of carbonyl (C=O) groups excluding carboxylic acids is 2. The van der Waals surface area contributed by atoms with E-state index in [0.29, 0.717) is 16.9 Å². The zero-order chi connectivity index (χ0) is 16.7. The van der Waals surface area contributed by atoms with Crippen molar-refractivity contribution < 1.29 is 19.1 Å². The molecule has 0 unspecified atom stereocenters. The van der Waals surface area contributed by atoms with Crippen LogP contribution in [0.5, 0.6) is 11.5 Å². The van der Waals surface area contributed by atoms with E-state index in [0.717, 1.165) is 0 Å². The number of nitrogens with zero attached hydrogens (tertiary/aromatic N) is 1. The number of hydrogen-bond acceptors (Lipinski definition) is 5. The molecule has 7 nitrogen and oxygen atoms in total. The number of esters is 1. The van der Waals surface area contributed by atoms with Crippen molar-refractivity contribution in [3.63, 3.8) is 0 Å². The third-order valence-corrected chi connectivity index (χ3v) is 2.79. The number of benzene rings is 2. The summed E-state index contributed by atoms with van der Waals surface area (Å²) < 4.78 is 10.5. The highest BCUT2D eigenvalue weighted by Gasteiger charge is 2.12. The number of hydrogen-bond donors (Lipinski definition) is 2. The fraction of sp³-hybridized carbons (Fsp3) is 0.0625. The van der Waals surface area contributed by atoms with Gasteiger partial charge in [-0.3, -0.25) is 0 Å². The summed E-state index contributed by atoms with van der Waals surface area (Å²) in [5.74, 6) is 0.152. The lowest BCUT2D eigenvalue weighted by Crippen LogP contribution is -2.24. The summed E-state index contributed by atoms with van der Waals surface area (Å²) in [5, 5.41) is 3.64. The molecule has 0 saturated carbocycles. The van der Waals surface area contributed by atoms with Gasteiger partial charge in [0.2, 0.25) is 0 Å². The van der Waals surface area contributed by atoms with Crippen molar-refractivity contribution in [2.75, 3.05) is 7.11 Å². The Hall–Kier alpha value is -3.35. The fourth-order valence-corrected chi connectivity index (χ4v) is 1.75. The highest BCUT2D eigenvalue weighted by Crippen LogP contribution is 2.28. The molecule has 2 rings (SSSR count). The number of urea groups is 1. The topological polar surface area (TPSA) is 103 Å². The monoisotopic (exact) mass is 313 g/mol. The van der Waals surface area contributed by atoms with Crippen LogP contribution < -0.4 is 20.6 Å². The first-order valence-electron chi connectivity index (χ1n) is 6.64. The van der Waals surface area contributed by atoms with Gasteiger partial charge in [-0.25, -0.2) is 15.0 Å². The van der Waals surface area contributed by atoms with Crippen LogP contribution in [0.3, 0.4) is 0 Å². The van der Waals surface area contributed by atoms with E-state index in [1.807, 2.05) is 6.07 Å². The Bertz CT molecular complexity index is 729. The van der Waals surface area contributed by atoms with Crippen molar-refractivity contribution in [3.8, 4) is 11.5 Å². The second-order valence-electron chi connectivity index (χ2n) is 4.40. The molecule has 0 aliphatic carbocycles. The van der Waals surface area contributed by atoms with Crippen LogP contribution in [0.15, 0.2) is 53.6 Å². The number of nitrogens with two attached hydrogens (primary N) is 1. The third-order valence-electron chi connectivity index (χ3n) is 2.79. The van der Waals surface area contributed by atoms with Crippen LogP contribution in [0.25, 0.3) is 0 Å². The van der Waals surface area contributed by atoms with E-state index >= 15 is 0 Å². The lowest BCUT2D eigenvalue weighted by Gasteiger charge is -2.09. The second kappa shape index (κ2) is 7.60. The molecule has 2 aromatic carbocycles.